The van der Waals surface area contributed by atoms with Crippen molar-refractivity contribution in [3.05, 3.63) is 41.5 Å². The molecule has 1 heterocycles. The first-order chi connectivity index (χ1) is 9.11. The third-order valence-electron chi connectivity index (χ3n) is 2.44. The van der Waals surface area contributed by atoms with Crippen LogP contribution < -0.4 is 5.32 Å². The second-order valence-electron chi connectivity index (χ2n) is 3.77. The van der Waals surface area contributed by atoms with E-state index in [-0.39, 0.29) is 30.5 Å². The molecule has 0 saturated heterocycles. The standard InChI is InChI=1S/C13H12FNO4/c1-2-18-13(17)11-10(16)7-19-12(11)15-9-5-3-8(14)4-6-9/h3-6,15H,2,7H2,1H3. The van der Waals surface area contributed by atoms with Crippen molar-refractivity contribution in [2.75, 3.05) is 18.5 Å². The quantitative estimate of drug-likeness (QED) is 0.662. The number of ketones is 1. The second-order valence-corrected chi connectivity index (χ2v) is 3.77. The predicted octanol–water partition coefficient (Wildman–Crippen LogP) is 1.61. The number of anilines is 1. The molecule has 0 aliphatic carbocycles. The molecule has 1 N–H and O–H groups in total. The SMILES string of the molecule is CCOC(=O)C1=C(Nc2ccc(F)cc2)OCC1=O. The number of rotatable bonds is 4. The minimum absolute atomic E-state index is 0.0371. The zero-order chi connectivity index (χ0) is 13.8. The molecule has 0 atom stereocenters. The Kier molecular flexibility index (Phi) is 3.79. The van der Waals surface area contributed by atoms with Crippen molar-refractivity contribution in [1.29, 1.82) is 0 Å². The zero-order valence-electron chi connectivity index (χ0n) is 10.2. The summed E-state index contributed by atoms with van der Waals surface area (Å²) in [6.07, 6.45) is 0. The number of Topliss-reactive ketones (excluding diaryl/α,β-unsaturated/α-hetero) is 1. The molecule has 2 rings (SSSR count). The molecule has 0 spiro atoms. The maximum absolute atomic E-state index is 12.8. The van der Waals surface area contributed by atoms with Crippen LogP contribution in [0, 0.1) is 5.82 Å². The zero-order valence-corrected chi connectivity index (χ0v) is 10.2. The van der Waals surface area contributed by atoms with Gasteiger partial charge < -0.3 is 14.8 Å². The Hall–Kier alpha value is -2.37. The molecule has 19 heavy (non-hydrogen) atoms. The van der Waals surface area contributed by atoms with E-state index in [0.29, 0.717) is 5.69 Å². The minimum atomic E-state index is -0.727. The molecule has 1 aromatic carbocycles. The first-order valence-corrected chi connectivity index (χ1v) is 5.71. The van der Waals surface area contributed by atoms with Crippen LogP contribution in [0.3, 0.4) is 0 Å². The number of hydrogen-bond acceptors (Lipinski definition) is 5. The van der Waals surface area contributed by atoms with Gasteiger partial charge in [-0.1, -0.05) is 0 Å². The summed E-state index contributed by atoms with van der Waals surface area (Å²) < 4.78 is 22.7. The maximum atomic E-state index is 12.8. The van der Waals surface area contributed by atoms with Crippen LogP contribution in [0.2, 0.25) is 0 Å². The highest BCUT2D eigenvalue weighted by Crippen LogP contribution is 2.20. The van der Waals surface area contributed by atoms with Crippen LogP contribution in [0.4, 0.5) is 10.1 Å². The molecule has 0 bridgehead atoms. The van der Waals surface area contributed by atoms with Gasteiger partial charge in [0.1, 0.15) is 5.82 Å². The highest BCUT2D eigenvalue weighted by atomic mass is 19.1. The molecule has 0 aromatic heterocycles. The van der Waals surface area contributed by atoms with Gasteiger partial charge in [-0.05, 0) is 31.2 Å². The van der Waals surface area contributed by atoms with Crippen molar-refractivity contribution >= 4 is 17.4 Å². The summed E-state index contributed by atoms with van der Waals surface area (Å²) in [5.74, 6) is -1.51. The first-order valence-electron chi connectivity index (χ1n) is 5.71. The fourth-order valence-corrected chi connectivity index (χ4v) is 1.58. The summed E-state index contributed by atoms with van der Waals surface area (Å²) in [6, 6.07) is 5.45. The molecular weight excluding hydrogens is 253 g/mol. The molecule has 0 amide bonds. The van der Waals surface area contributed by atoms with Crippen LogP contribution in [-0.4, -0.2) is 25.0 Å². The highest BCUT2D eigenvalue weighted by molar-refractivity contribution is 6.19. The second kappa shape index (κ2) is 5.51. The number of ether oxygens (including phenoxy) is 2. The Labute approximate surface area is 109 Å². The molecule has 0 unspecified atom stereocenters. The lowest BCUT2D eigenvalue weighted by Gasteiger charge is -2.08. The van der Waals surface area contributed by atoms with E-state index in [4.69, 9.17) is 9.47 Å². The smallest absolute Gasteiger partial charge is 0.347 e. The van der Waals surface area contributed by atoms with E-state index in [2.05, 4.69) is 5.32 Å². The van der Waals surface area contributed by atoms with Crippen LogP contribution in [-0.2, 0) is 19.1 Å². The fraction of sp³-hybridized carbons (Fsp3) is 0.231. The van der Waals surface area contributed by atoms with Crippen molar-refractivity contribution in [3.63, 3.8) is 0 Å². The lowest BCUT2D eigenvalue weighted by molar-refractivity contribution is -0.139. The van der Waals surface area contributed by atoms with E-state index in [1.54, 1.807) is 6.92 Å². The number of carbonyl (C=O) groups excluding carboxylic acids is 2. The Morgan fingerprint density at radius 2 is 2.11 bits per heavy atom. The number of carbonyl (C=O) groups is 2. The summed E-state index contributed by atoms with van der Waals surface area (Å²) in [7, 11) is 0. The van der Waals surface area contributed by atoms with Gasteiger partial charge in [-0.25, -0.2) is 9.18 Å². The molecular formula is C13H12FNO4. The van der Waals surface area contributed by atoms with E-state index in [1.165, 1.54) is 24.3 Å². The molecule has 0 fully saturated rings. The normalized spacial score (nSPS) is 14.3. The third-order valence-corrected chi connectivity index (χ3v) is 2.44. The molecule has 6 heteroatoms. The minimum Gasteiger partial charge on any atom is -0.470 e. The van der Waals surface area contributed by atoms with E-state index >= 15 is 0 Å². The van der Waals surface area contributed by atoms with Gasteiger partial charge in [0, 0.05) is 5.69 Å². The summed E-state index contributed by atoms with van der Waals surface area (Å²) in [4.78, 5) is 23.2. The Morgan fingerprint density at radius 3 is 2.74 bits per heavy atom. The predicted molar refractivity (Wildman–Crippen MR) is 64.6 cm³/mol. The van der Waals surface area contributed by atoms with Crippen molar-refractivity contribution < 1.29 is 23.5 Å². The number of hydrogen-bond donors (Lipinski definition) is 1. The third kappa shape index (κ3) is 2.90. The molecule has 100 valence electrons. The average Bonchev–Trinajstić information content (AvgIpc) is 2.74. The monoisotopic (exact) mass is 265 g/mol. The summed E-state index contributed by atoms with van der Waals surface area (Å²) in [5, 5.41) is 2.76. The molecule has 0 saturated carbocycles. The van der Waals surface area contributed by atoms with E-state index in [9.17, 15) is 14.0 Å². The Morgan fingerprint density at radius 1 is 1.42 bits per heavy atom. The topological polar surface area (TPSA) is 64.6 Å². The van der Waals surface area contributed by atoms with Crippen molar-refractivity contribution in [2.24, 2.45) is 0 Å². The fourth-order valence-electron chi connectivity index (χ4n) is 1.58. The van der Waals surface area contributed by atoms with Gasteiger partial charge in [0.05, 0.1) is 6.61 Å². The van der Waals surface area contributed by atoms with Gasteiger partial charge in [0.2, 0.25) is 11.7 Å². The molecule has 1 aliphatic heterocycles. The van der Waals surface area contributed by atoms with Gasteiger partial charge in [-0.3, -0.25) is 4.79 Å². The van der Waals surface area contributed by atoms with Crippen LogP contribution in [0.15, 0.2) is 35.7 Å². The van der Waals surface area contributed by atoms with E-state index in [1.807, 2.05) is 0 Å². The van der Waals surface area contributed by atoms with Crippen molar-refractivity contribution in [2.45, 2.75) is 6.92 Å². The van der Waals surface area contributed by atoms with E-state index in [0.717, 1.165) is 0 Å². The lowest BCUT2D eigenvalue weighted by atomic mass is 10.2. The van der Waals surface area contributed by atoms with Crippen molar-refractivity contribution in [3.8, 4) is 0 Å². The van der Waals surface area contributed by atoms with Crippen molar-refractivity contribution in [1.82, 2.24) is 0 Å². The van der Waals surface area contributed by atoms with Gasteiger partial charge in [-0.15, -0.1) is 0 Å². The highest BCUT2D eigenvalue weighted by Gasteiger charge is 2.32. The van der Waals surface area contributed by atoms with Crippen LogP contribution in [0.5, 0.6) is 0 Å². The van der Waals surface area contributed by atoms with Crippen LogP contribution in [0.25, 0.3) is 0 Å². The Balaban J connectivity index is 2.22. The number of nitrogens with one attached hydrogen (secondary N) is 1. The summed E-state index contributed by atoms with van der Waals surface area (Å²) >= 11 is 0. The van der Waals surface area contributed by atoms with Crippen LogP contribution in [0.1, 0.15) is 6.92 Å². The molecule has 0 radical (unpaired) electrons. The summed E-state index contributed by atoms with van der Waals surface area (Å²) in [5.41, 5.74) is 0.360. The number of halogens is 1. The first kappa shape index (κ1) is 13.1. The summed E-state index contributed by atoms with van der Waals surface area (Å²) in [6.45, 7) is 1.60. The average molecular weight is 265 g/mol. The largest absolute Gasteiger partial charge is 0.470 e. The lowest BCUT2D eigenvalue weighted by Crippen LogP contribution is -2.16. The molecule has 5 nitrogen and oxygen atoms in total. The van der Waals surface area contributed by atoms with Gasteiger partial charge in [0.25, 0.3) is 0 Å². The molecule has 1 aliphatic rings. The number of esters is 1. The van der Waals surface area contributed by atoms with Gasteiger partial charge in [0.15, 0.2) is 12.2 Å². The Bertz CT molecular complexity index is 536. The van der Waals surface area contributed by atoms with E-state index < -0.39 is 11.8 Å². The van der Waals surface area contributed by atoms with Crippen LogP contribution >= 0.6 is 0 Å². The van der Waals surface area contributed by atoms with Gasteiger partial charge in [-0.2, -0.15) is 0 Å². The maximum Gasteiger partial charge on any atom is 0.347 e. The number of benzene rings is 1. The van der Waals surface area contributed by atoms with Gasteiger partial charge >= 0.3 is 5.97 Å². The molecule has 1 aromatic rings.